The van der Waals surface area contributed by atoms with E-state index in [1.54, 1.807) is 0 Å². The van der Waals surface area contributed by atoms with Crippen LogP contribution in [0, 0.1) is 0 Å². The van der Waals surface area contributed by atoms with Gasteiger partial charge in [-0.3, -0.25) is 0 Å². The van der Waals surface area contributed by atoms with Crippen LogP contribution in [0.5, 0.6) is 0 Å². The minimum atomic E-state index is -0.249. The van der Waals surface area contributed by atoms with Crippen LogP contribution in [0.3, 0.4) is 0 Å². The van der Waals surface area contributed by atoms with E-state index in [4.69, 9.17) is 0 Å². The van der Waals surface area contributed by atoms with Crippen LogP contribution in [0.4, 0.5) is 0 Å². The normalized spacial score (nSPS) is 15.3. The molecule has 0 atom stereocenters. The highest BCUT2D eigenvalue weighted by molar-refractivity contribution is 5.95. The van der Waals surface area contributed by atoms with Gasteiger partial charge in [-0.2, -0.15) is 0 Å². The maximum atomic E-state index is 2.44. The highest BCUT2D eigenvalue weighted by Gasteiger charge is 2.50. The molecule has 0 radical (unpaired) electrons. The van der Waals surface area contributed by atoms with Gasteiger partial charge in [-0.1, -0.05) is 109 Å². The lowest BCUT2D eigenvalue weighted by molar-refractivity contribution is 0.722. The summed E-state index contributed by atoms with van der Waals surface area (Å²) in [6, 6.07) is 41.2. The van der Waals surface area contributed by atoms with E-state index >= 15 is 0 Å². The number of fused-ring (bicyclic) bond motifs is 13. The van der Waals surface area contributed by atoms with Crippen molar-refractivity contribution in [3.05, 3.63) is 154 Å². The van der Waals surface area contributed by atoms with Gasteiger partial charge in [0.15, 0.2) is 0 Å². The van der Waals surface area contributed by atoms with E-state index in [2.05, 4.69) is 109 Å². The monoisotopic (exact) mass is 418 g/mol. The standard InChI is InChI=1S/C33H22/c1-4-12-24-21(9-1)20-27-25(24)17-18-31-32(27)26-13-5-8-16-30(26)33(31)28-14-6-2-10-22(28)19-23-11-3-7-15-29(23)33/h1-18H,19-20H2. The first-order valence-corrected chi connectivity index (χ1v) is 11.9. The molecule has 5 aromatic carbocycles. The Bertz CT molecular complexity index is 1570. The Morgan fingerprint density at radius 2 is 0.970 bits per heavy atom. The molecule has 0 N–H and O–H groups in total. The summed E-state index contributed by atoms with van der Waals surface area (Å²) in [5, 5.41) is 0. The third-order valence-electron chi connectivity index (χ3n) is 8.22. The predicted molar refractivity (Wildman–Crippen MR) is 135 cm³/mol. The van der Waals surface area contributed by atoms with Crippen LogP contribution in [-0.4, -0.2) is 0 Å². The molecule has 0 aromatic heterocycles. The maximum Gasteiger partial charge on any atom is 0.0719 e. The van der Waals surface area contributed by atoms with Crippen LogP contribution in [0.1, 0.15) is 44.5 Å². The van der Waals surface area contributed by atoms with Gasteiger partial charge in [-0.25, -0.2) is 0 Å². The fourth-order valence-electron chi connectivity index (χ4n) is 7.02. The highest BCUT2D eigenvalue weighted by Crippen LogP contribution is 2.61. The quantitative estimate of drug-likeness (QED) is 0.239. The molecule has 154 valence electrons. The van der Waals surface area contributed by atoms with Crippen molar-refractivity contribution >= 4 is 0 Å². The summed E-state index contributed by atoms with van der Waals surface area (Å²) in [4.78, 5) is 0. The average Bonchev–Trinajstić information content (AvgIpc) is 3.39. The van der Waals surface area contributed by atoms with Crippen molar-refractivity contribution in [3.8, 4) is 22.3 Å². The molecule has 0 bridgehead atoms. The van der Waals surface area contributed by atoms with Crippen molar-refractivity contribution in [2.45, 2.75) is 18.3 Å². The molecule has 3 aliphatic rings. The maximum absolute atomic E-state index is 2.44. The summed E-state index contributed by atoms with van der Waals surface area (Å²) >= 11 is 0. The second kappa shape index (κ2) is 6.11. The summed E-state index contributed by atoms with van der Waals surface area (Å²) in [6.07, 6.45) is 2.02. The van der Waals surface area contributed by atoms with Gasteiger partial charge >= 0.3 is 0 Å². The Hall–Kier alpha value is -3.90. The third-order valence-corrected chi connectivity index (χ3v) is 8.22. The predicted octanol–water partition coefficient (Wildman–Crippen LogP) is 7.53. The van der Waals surface area contributed by atoms with E-state index in [9.17, 15) is 0 Å². The number of rotatable bonds is 0. The van der Waals surface area contributed by atoms with Gasteiger partial charge in [-0.15, -0.1) is 0 Å². The van der Waals surface area contributed by atoms with Gasteiger partial charge in [0, 0.05) is 0 Å². The van der Waals surface area contributed by atoms with E-state index < -0.39 is 0 Å². The Labute approximate surface area is 194 Å². The van der Waals surface area contributed by atoms with E-state index in [0.29, 0.717) is 0 Å². The Kier molecular flexibility index (Phi) is 3.27. The van der Waals surface area contributed by atoms with Gasteiger partial charge in [0.1, 0.15) is 0 Å². The number of hydrogen-bond acceptors (Lipinski definition) is 0. The van der Waals surface area contributed by atoms with Crippen molar-refractivity contribution in [1.82, 2.24) is 0 Å². The molecule has 33 heavy (non-hydrogen) atoms. The van der Waals surface area contributed by atoms with Crippen LogP contribution < -0.4 is 0 Å². The van der Waals surface area contributed by atoms with Gasteiger partial charge in [-0.05, 0) is 79.6 Å². The summed E-state index contributed by atoms with van der Waals surface area (Å²) in [5.41, 5.74) is 17.1. The molecule has 0 fully saturated rings. The lowest BCUT2D eigenvalue weighted by Gasteiger charge is -2.40. The zero-order valence-corrected chi connectivity index (χ0v) is 18.3. The molecule has 0 aliphatic heterocycles. The molecule has 0 amide bonds. The lowest BCUT2D eigenvalue weighted by Crippen LogP contribution is -2.34. The van der Waals surface area contributed by atoms with Crippen LogP contribution in [0.15, 0.2) is 109 Å². The highest BCUT2D eigenvalue weighted by atomic mass is 14.5. The molecule has 3 aliphatic carbocycles. The molecule has 8 rings (SSSR count). The molecule has 5 aromatic rings. The van der Waals surface area contributed by atoms with Crippen molar-refractivity contribution in [2.24, 2.45) is 0 Å². The second-order valence-corrected chi connectivity index (χ2v) is 9.63. The van der Waals surface area contributed by atoms with Gasteiger partial charge in [0.05, 0.1) is 5.41 Å². The molecule has 0 saturated carbocycles. The first-order valence-electron chi connectivity index (χ1n) is 11.9. The van der Waals surface area contributed by atoms with E-state index in [1.165, 1.54) is 66.8 Å². The zero-order valence-electron chi connectivity index (χ0n) is 18.3. The van der Waals surface area contributed by atoms with Gasteiger partial charge in [0.25, 0.3) is 0 Å². The number of benzene rings is 5. The van der Waals surface area contributed by atoms with Crippen LogP contribution >= 0.6 is 0 Å². The zero-order chi connectivity index (χ0) is 21.6. The molecule has 0 nitrogen and oxygen atoms in total. The van der Waals surface area contributed by atoms with Crippen LogP contribution in [0.2, 0.25) is 0 Å². The third kappa shape index (κ3) is 2.03. The first kappa shape index (κ1) is 17.6. The van der Waals surface area contributed by atoms with Crippen molar-refractivity contribution in [2.75, 3.05) is 0 Å². The molecule has 0 saturated heterocycles. The second-order valence-electron chi connectivity index (χ2n) is 9.63. The summed E-state index contributed by atoms with van der Waals surface area (Å²) in [7, 11) is 0. The van der Waals surface area contributed by atoms with Crippen molar-refractivity contribution in [1.29, 1.82) is 0 Å². The van der Waals surface area contributed by atoms with Crippen LogP contribution in [-0.2, 0) is 18.3 Å². The Balaban J connectivity index is 1.55. The molecular formula is C33H22. The van der Waals surface area contributed by atoms with E-state index in [-0.39, 0.29) is 5.41 Å². The molecule has 0 heterocycles. The fraction of sp³-hybridized carbons (Fsp3) is 0.0909. The topological polar surface area (TPSA) is 0 Å². The molecule has 1 spiro atoms. The smallest absolute Gasteiger partial charge is 0.0620 e. The first-order chi connectivity index (χ1) is 16.4. The SMILES string of the molecule is c1ccc2c(c1)Cc1c-2ccc2c1-c1ccccc1C21c2ccccc2Cc2ccccc21. The minimum absolute atomic E-state index is 0.249. The molecular weight excluding hydrogens is 396 g/mol. The summed E-state index contributed by atoms with van der Waals surface area (Å²) in [5.74, 6) is 0. The molecule has 0 heteroatoms. The lowest BCUT2D eigenvalue weighted by atomic mass is 9.61. The average molecular weight is 419 g/mol. The van der Waals surface area contributed by atoms with E-state index in [0.717, 1.165) is 12.8 Å². The van der Waals surface area contributed by atoms with Crippen molar-refractivity contribution in [3.63, 3.8) is 0 Å². The largest absolute Gasteiger partial charge is 0.0719 e. The Morgan fingerprint density at radius 3 is 1.70 bits per heavy atom. The minimum Gasteiger partial charge on any atom is -0.0620 e. The Morgan fingerprint density at radius 1 is 0.394 bits per heavy atom. The summed E-state index contributed by atoms with van der Waals surface area (Å²) < 4.78 is 0. The summed E-state index contributed by atoms with van der Waals surface area (Å²) in [6.45, 7) is 0. The van der Waals surface area contributed by atoms with Crippen molar-refractivity contribution < 1.29 is 0 Å². The van der Waals surface area contributed by atoms with Gasteiger partial charge < -0.3 is 0 Å². The van der Waals surface area contributed by atoms with Gasteiger partial charge in [0.2, 0.25) is 0 Å². The fourth-order valence-corrected chi connectivity index (χ4v) is 7.02. The van der Waals surface area contributed by atoms with E-state index in [1.807, 2.05) is 0 Å². The van der Waals surface area contributed by atoms with Crippen LogP contribution in [0.25, 0.3) is 22.3 Å². The number of hydrogen-bond donors (Lipinski definition) is 0. The molecule has 0 unspecified atom stereocenters.